The number of nitrogens with zero attached hydrogens (tertiary/aromatic N) is 1. The SMILES string of the molecule is CCCCCCCCCCCCCCCCCCCCCCCCCCC(=O)NC(COP(=O)([O-])OCC[N+](C)(C)C)C(O)CCCCCCCCCCCCCCCCCC. The molecular weight excluding hydrogens is 792 g/mol. The van der Waals surface area contributed by atoms with E-state index >= 15 is 0 Å². The fraction of sp³-hybridized carbons (Fsp3) is 0.981. The topological polar surface area (TPSA) is 108 Å². The second-order valence-electron chi connectivity index (χ2n) is 20.3. The van der Waals surface area contributed by atoms with E-state index in [1.54, 1.807) is 0 Å². The van der Waals surface area contributed by atoms with Gasteiger partial charge in [0.1, 0.15) is 13.2 Å². The fourth-order valence-corrected chi connectivity index (χ4v) is 9.24. The van der Waals surface area contributed by atoms with Crippen LogP contribution >= 0.6 is 7.82 Å². The van der Waals surface area contributed by atoms with Gasteiger partial charge in [-0.3, -0.25) is 9.36 Å². The van der Waals surface area contributed by atoms with Crippen LogP contribution in [0.4, 0.5) is 0 Å². The molecule has 9 heteroatoms. The van der Waals surface area contributed by atoms with Crippen LogP contribution in [0.5, 0.6) is 0 Å². The van der Waals surface area contributed by atoms with Crippen molar-refractivity contribution in [3.63, 3.8) is 0 Å². The number of aliphatic hydroxyl groups is 1. The first-order valence-electron chi connectivity index (χ1n) is 27.4. The van der Waals surface area contributed by atoms with Crippen molar-refractivity contribution in [1.82, 2.24) is 5.32 Å². The zero-order chi connectivity index (χ0) is 45.7. The molecule has 3 unspecified atom stereocenters. The highest BCUT2D eigenvalue weighted by atomic mass is 31.2. The van der Waals surface area contributed by atoms with Gasteiger partial charge in [-0.05, 0) is 12.8 Å². The minimum Gasteiger partial charge on any atom is -0.756 e. The molecule has 0 aliphatic heterocycles. The highest BCUT2D eigenvalue weighted by molar-refractivity contribution is 7.45. The van der Waals surface area contributed by atoms with Gasteiger partial charge in [-0.25, -0.2) is 0 Å². The third-order valence-corrected chi connectivity index (χ3v) is 13.8. The molecule has 0 spiro atoms. The van der Waals surface area contributed by atoms with Gasteiger partial charge in [-0.1, -0.05) is 264 Å². The molecule has 0 radical (unpaired) electrons. The minimum absolute atomic E-state index is 0.0165. The van der Waals surface area contributed by atoms with Crippen LogP contribution in [0.25, 0.3) is 0 Å². The molecule has 3 atom stereocenters. The zero-order valence-electron chi connectivity index (χ0n) is 42.4. The number of nitrogens with one attached hydrogen (secondary N) is 1. The molecule has 0 aliphatic carbocycles. The monoisotopic (exact) mass is 901 g/mol. The molecule has 62 heavy (non-hydrogen) atoms. The molecule has 0 aromatic carbocycles. The molecule has 0 aromatic rings. The van der Waals surface area contributed by atoms with Crippen LogP contribution in [0.3, 0.4) is 0 Å². The first kappa shape index (κ1) is 61.5. The molecule has 2 N–H and O–H groups in total. The molecular formula is C53H109N2O6P. The number of hydrogen-bond donors (Lipinski definition) is 2. The Balaban J connectivity index is 4.13. The second-order valence-corrected chi connectivity index (χ2v) is 21.7. The second kappa shape index (κ2) is 45.6. The lowest BCUT2D eigenvalue weighted by molar-refractivity contribution is -0.870. The van der Waals surface area contributed by atoms with E-state index < -0.39 is 20.0 Å². The normalized spacial score (nSPS) is 14.0. The number of amides is 1. The quantitative estimate of drug-likeness (QED) is 0.0358. The molecule has 1 amide bonds. The van der Waals surface area contributed by atoms with E-state index in [1.807, 2.05) is 21.1 Å². The zero-order valence-corrected chi connectivity index (χ0v) is 43.3. The number of likely N-dealkylation sites (N-methyl/N-ethyl adjacent to an activating group) is 1. The largest absolute Gasteiger partial charge is 0.756 e. The maximum Gasteiger partial charge on any atom is 0.268 e. The Kier molecular flexibility index (Phi) is 45.3. The summed E-state index contributed by atoms with van der Waals surface area (Å²) in [6.45, 7) is 4.77. The summed E-state index contributed by atoms with van der Waals surface area (Å²) in [5, 5.41) is 14.0. The summed E-state index contributed by atoms with van der Waals surface area (Å²) in [5.74, 6) is -0.157. The van der Waals surface area contributed by atoms with Gasteiger partial charge in [-0.15, -0.1) is 0 Å². The number of aliphatic hydroxyl groups excluding tert-OH is 1. The van der Waals surface area contributed by atoms with Crippen LogP contribution in [-0.4, -0.2) is 68.5 Å². The Morgan fingerprint density at radius 3 is 1.10 bits per heavy atom. The number of phosphoric acid groups is 1. The minimum atomic E-state index is -4.56. The molecule has 0 aliphatic rings. The van der Waals surface area contributed by atoms with E-state index in [9.17, 15) is 19.4 Å². The molecule has 8 nitrogen and oxygen atoms in total. The maximum absolute atomic E-state index is 13.0. The van der Waals surface area contributed by atoms with Crippen LogP contribution in [0.1, 0.15) is 284 Å². The van der Waals surface area contributed by atoms with E-state index in [0.29, 0.717) is 23.9 Å². The Bertz CT molecular complexity index is 978. The van der Waals surface area contributed by atoms with Crippen molar-refractivity contribution in [2.45, 2.75) is 296 Å². The van der Waals surface area contributed by atoms with Crippen LogP contribution in [0, 0.1) is 0 Å². The van der Waals surface area contributed by atoms with Gasteiger partial charge in [0.15, 0.2) is 0 Å². The highest BCUT2D eigenvalue weighted by Gasteiger charge is 2.24. The molecule has 0 rings (SSSR count). The fourth-order valence-electron chi connectivity index (χ4n) is 8.51. The van der Waals surface area contributed by atoms with E-state index in [0.717, 1.165) is 38.5 Å². The number of quaternary nitrogens is 1. The van der Waals surface area contributed by atoms with Gasteiger partial charge in [0, 0.05) is 6.42 Å². The van der Waals surface area contributed by atoms with Crippen molar-refractivity contribution in [1.29, 1.82) is 0 Å². The van der Waals surface area contributed by atoms with Crippen LogP contribution < -0.4 is 10.2 Å². The highest BCUT2D eigenvalue weighted by Crippen LogP contribution is 2.38. The van der Waals surface area contributed by atoms with Crippen molar-refractivity contribution < 1.29 is 32.9 Å². The average molecular weight is 901 g/mol. The van der Waals surface area contributed by atoms with Gasteiger partial charge in [0.05, 0.1) is 39.9 Å². The molecule has 0 heterocycles. The van der Waals surface area contributed by atoms with Crippen molar-refractivity contribution in [2.75, 3.05) is 40.9 Å². The van der Waals surface area contributed by atoms with Crippen LogP contribution in [0.2, 0.25) is 0 Å². The third-order valence-electron chi connectivity index (χ3n) is 12.8. The Hall–Kier alpha value is -0.500. The van der Waals surface area contributed by atoms with Crippen molar-refractivity contribution in [2.24, 2.45) is 0 Å². The number of carbonyl (C=O) groups is 1. The average Bonchev–Trinajstić information content (AvgIpc) is 3.23. The third kappa shape index (κ3) is 47.5. The van der Waals surface area contributed by atoms with Gasteiger partial charge in [-0.2, -0.15) is 0 Å². The summed E-state index contributed by atoms with van der Waals surface area (Å²) in [6, 6.07) is -0.794. The van der Waals surface area contributed by atoms with E-state index in [4.69, 9.17) is 9.05 Å². The molecule has 0 bridgehead atoms. The Morgan fingerprint density at radius 2 is 0.790 bits per heavy atom. The molecule has 0 saturated carbocycles. The lowest BCUT2D eigenvalue weighted by Crippen LogP contribution is -2.46. The van der Waals surface area contributed by atoms with Crippen molar-refractivity contribution >= 4 is 13.7 Å². The van der Waals surface area contributed by atoms with E-state index in [2.05, 4.69) is 19.2 Å². The Morgan fingerprint density at radius 1 is 0.500 bits per heavy atom. The number of hydrogen-bond acceptors (Lipinski definition) is 6. The lowest BCUT2D eigenvalue weighted by atomic mass is 10.0. The van der Waals surface area contributed by atoms with Gasteiger partial charge < -0.3 is 28.8 Å². The number of rotatable bonds is 51. The van der Waals surface area contributed by atoms with Crippen molar-refractivity contribution in [3.8, 4) is 0 Å². The standard InChI is InChI=1S/C53H109N2O6P/c1-6-8-10-12-14-16-18-20-22-24-25-26-27-28-29-30-31-33-35-37-39-41-43-45-47-53(57)54-51(50-61-62(58,59)60-49-48-55(3,4)5)52(56)46-44-42-40-38-36-34-32-23-21-19-17-15-13-11-9-7-2/h51-52,56H,6-50H2,1-5H3,(H-,54,57,58,59). The van der Waals surface area contributed by atoms with Gasteiger partial charge in [0.25, 0.3) is 7.82 Å². The number of unbranched alkanes of at least 4 members (excludes halogenated alkanes) is 38. The molecule has 0 aromatic heterocycles. The Labute approximate surface area is 387 Å². The first-order valence-corrected chi connectivity index (χ1v) is 28.8. The predicted octanol–water partition coefficient (Wildman–Crippen LogP) is 15.5. The number of carbonyl (C=O) groups excluding carboxylic acids is 1. The van der Waals surface area contributed by atoms with Gasteiger partial charge in [0.2, 0.25) is 5.91 Å². The first-order chi connectivity index (χ1) is 30.0. The summed E-state index contributed by atoms with van der Waals surface area (Å²) in [5.41, 5.74) is 0. The smallest absolute Gasteiger partial charge is 0.268 e. The maximum atomic E-state index is 13.0. The summed E-state index contributed by atoms with van der Waals surface area (Å²) in [6.07, 6.45) is 52.7. The summed E-state index contributed by atoms with van der Waals surface area (Å²) in [7, 11) is 1.32. The lowest BCUT2D eigenvalue weighted by Gasteiger charge is -2.30. The summed E-state index contributed by atoms with van der Waals surface area (Å²) < 4.78 is 23.4. The number of phosphoric ester groups is 1. The van der Waals surface area contributed by atoms with E-state index in [-0.39, 0.29) is 19.1 Å². The summed E-state index contributed by atoms with van der Waals surface area (Å²) >= 11 is 0. The van der Waals surface area contributed by atoms with E-state index in [1.165, 1.54) is 218 Å². The van der Waals surface area contributed by atoms with Gasteiger partial charge >= 0.3 is 0 Å². The molecule has 0 fully saturated rings. The predicted molar refractivity (Wildman–Crippen MR) is 266 cm³/mol. The molecule has 372 valence electrons. The molecule has 0 saturated heterocycles. The summed E-state index contributed by atoms with van der Waals surface area (Å²) in [4.78, 5) is 25.5. The van der Waals surface area contributed by atoms with Crippen LogP contribution in [0.15, 0.2) is 0 Å². The van der Waals surface area contributed by atoms with Crippen LogP contribution in [-0.2, 0) is 18.4 Å². The van der Waals surface area contributed by atoms with Crippen molar-refractivity contribution in [3.05, 3.63) is 0 Å².